The second kappa shape index (κ2) is 5.61. The van der Waals surface area contributed by atoms with Gasteiger partial charge in [-0.3, -0.25) is 4.98 Å². The molecule has 3 N–H and O–H groups in total. The molecule has 20 heavy (non-hydrogen) atoms. The van der Waals surface area contributed by atoms with Crippen LogP contribution in [0.1, 0.15) is 11.5 Å². The largest absolute Gasteiger partial charge is 0.388 e. The first kappa shape index (κ1) is 14.5. The summed E-state index contributed by atoms with van der Waals surface area (Å²) in [5.41, 5.74) is 5.77. The lowest BCUT2D eigenvalue weighted by Crippen LogP contribution is -2.25. The molecular formula is C10H12N6O2S2. The van der Waals surface area contributed by atoms with Crippen LogP contribution in [0.5, 0.6) is 0 Å². The third kappa shape index (κ3) is 3.15. The van der Waals surface area contributed by atoms with E-state index in [2.05, 4.69) is 19.9 Å². The van der Waals surface area contributed by atoms with Crippen LogP contribution in [0.25, 0.3) is 0 Å². The monoisotopic (exact) mass is 312 g/mol. The molecule has 0 fully saturated rings. The Balaban J connectivity index is 2.14. The molecule has 0 bridgehead atoms. The van der Waals surface area contributed by atoms with E-state index in [1.54, 1.807) is 11.6 Å². The quantitative estimate of drug-likeness (QED) is 0.703. The van der Waals surface area contributed by atoms with Crippen LogP contribution in [0.15, 0.2) is 29.6 Å². The molecule has 2 aromatic rings. The fourth-order valence-corrected chi connectivity index (χ4v) is 2.44. The Morgan fingerprint density at radius 1 is 1.50 bits per heavy atom. The predicted octanol–water partition coefficient (Wildman–Crippen LogP) is -0.677. The summed E-state index contributed by atoms with van der Waals surface area (Å²) in [5, 5.41) is 7.45. The first-order valence-corrected chi connectivity index (χ1v) is 7.37. The highest BCUT2D eigenvalue weighted by molar-refractivity contribution is 7.89. The van der Waals surface area contributed by atoms with E-state index < -0.39 is 10.0 Å². The molecule has 2 rings (SSSR count). The van der Waals surface area contributed by atoms with Gasteiger partial charge in [-0.2, -0.15) is 0 Å². The van der Waals surface area contributed by atoms with Crippen LogP contribution in [0.4, 0.5) is 0 Å². The van der Waals surface area contributed by atoms with Gasteiger partial charge in [0.05, 0.1) is 12.2 Å². The average Bonchev–Trinajstić information content (AvgIpc) is 2.82. The van der Waals surface area contributed by atoms with Gasteiger partial charge < -0.3 is 10.3 Å². The molecular weight excluding hydrogens is 300 g/mol. The summed E-state index contributed by atoms with van der Waals surface area (Å²) in [7, 11) is -1.95. The third-order valence-corrected chi connectivity index (χ3v) is 4.12. The number of hydrogen-bond donors (Lipinski definition) is 2. The summed E-state index contributed by atoms with van der Waals surface area (Å²) in [5.74, 6) is 0.501. The molecule has 0 amide bonds. The molecule has 0 unspecified atom stereocenters. The lowest BCUT2D eigenvalue weighted by atomic mass is 10.3. The van der Waals surface area contributed by atoms with Gasteiger partial charge >= 0.3 is 0 Å². The van der Waals surface area contributed by atoms with Gasteiger partial charge in [0.1, 0.15) is 22.0 Å². The van der Waals surface area contributed by atoms with E-state index in [9.17, 15) is 8.42 Å². The maximum Gasteiger partial charge on any atom is 0.242 e. The molecule has 0 saturated heterocycles. The van der Waals surface area contributed by atoms with Crippen molar-refractivity contribution in [3.8, 4) is 0 Å². The number of hydrogen-bond acceptors (Lipinski definition) is 6. The minimum atomic E-state index is -3.67. The van der Waals surface area contributed by atoms with Crippen molar-refractivity contribution >= 4 is 27.2 Å². The summed E-state index contributed by atoms with van der Waals surface area (Å²) in [6.07, 6.45) is 2.69. The molecule has 106 valence electrons. The molecule has 10 heteroatoms. The molecule has 0 spiro atoms. The fraction of sp³-hybridized carbons (Fsp3) is 0.200. The Morgan fingerprint density at radius 3 is 2.75 bits per heavy atom. The number of pyridine rings is 1. The van der Waals surface area contributed by atoms with Crippen LogP contribution in [0, 0.1) is 0 Å². The van der Waals surface area contributed by atoms with Crippen LogP contribution < -0.4 is 10.5 Å². The van der Waals surface area contributed by atoms with Gasteiger partial charge in [0.2, 0.25) is 10.0 Å². The first-order chi connectivity index (χ1) is 9.40. The van der Waals surface area contributed by atoms with E-state index in [1.807, 2.05) is 0 Å². The zero-order chi connectivity index (χ0) is 14.8. The zero-order valence-electron chi connectivity index (χ0n) is 10.5. The number of nitrogens with two attached hydrogens (primary N) is 1. The number of sulfonamides is 1. The predicted molar refractivity (Wildman–Crippen MR) is 75.2 cm³/mol. The lowest BCUT2D eigenvalue weighted by molar-refractivity contribution is 0.577. The molecule has 0 radical (unpaired) electrons. The van der Waals surface area contributed by atoms with Crippen molar-refractivity contribution in [3.63, 3.8) is 0 Å². The fourth-order valence-electron chi connectivity index (χ4n) is 1.40. The number of aryl methyl sites for hydroxylation is 1. The van der Waals surface area contributed by atoms with Gasteiger partial charge in [0.25, 0.3) is 0 Å². The lowest BCUT2D eigenvalue weighted by Gasteiger charge is -2.06. The minimum Gasteiger partial charge on any atom is -0.388 e. The standard InChI is InChI=1S/C10H12N6O2S2/c1-16-6-13-15-9(16)5-14-20(17,18)7-2-3-8(10(11)19)12-4-7/h2-4,6,14H,5H2,1H3,(H2,11,19). The Hall–Kier alpha value is -1.91. The van der Waals surface area contributed by atoms with Crippen molar-refractivity contribution in [2.75, 3.05) is 0 Å². The summed E-state index contributed by atoms with van der Waals surface area (Å²) in [6, 6.07) is 2.85. The highest BCUT2D eigenvalue weighted by Crippen LogP contribution is 2.08. The number of nitrogens with zero attached hydrogens (tertiary/aromatic N) is 4. The van der Waals surface area contributed by atoms with Crippen LogP contribution in [0.2, 0.25) is 0 Å². The maximum absolute atomic E-state index is 12.0. The SMILES string of the molecule is Cn1cnnc1CNS(=O)(=O)c1ccc(C(N)=S)nc1. The second-order valence-electron chi connectivity index (χ2n) is 3.93. The van der Waals surface area contributed by atoms with Crippen LogP contribution in [-0.2, 0) is 23.6 Å². The van der Waals surface area contributed by atoms with Crippen molar-refractivity contribution in [2.24, 2.45) is 12.8 Å². The number of rotatable bonds is 5. The molecule has 2 heterocycles. The van der Waals surface area contributed by atoms with Gasteiger partial charge in [0.15, 0.2) is 0 Å². The van der Waals surface area contributed by atoms with E-state index in [0.29, 0.717) is 11.5 Å². The molecule has 0 aliphatic carbocycles. The van der Waals surface area contributed by atoms with E-state index >= 15 is 0 Å². The Bertz CT molecular complexity index is 722. The first-order valence-electron chi connectivity index (χ1n) is 5.48. The minimum absolute atomic E-state index is 0.0275. The summed E-state index contributed by atoms with van der Waals surface area (Å²) < 4.78 is 28.1. The van der Waals surface area contributed by atoms with Gasteiger partial charge in [-0.15, -0.1) is 10.2 Å². The highest BCUT2D eigenvalue weighted by atomic mass is 32.2. The zero-order valence-corrected chi connectivity index (χ0v) is 12.1. The van der Waals surface area contributed by atoms with Crippen molar-refractivity contribution in [2.45, 2.75) is 11.4 Å². The Morgan fingerprint density at radius 2 is 2.25 bits per heavy atom. The van der Waals surface area contributed by atoms with Gasteiger partial charge in [0, 0.05) is 13.2 Å². The van der Waals surface area contributed by atoms with E-state index in [0.717, 1.165) is 0 Å². The summed E-state index contributed by atoms with van der Waals surface area (Å²) in [4.78, 5) is 4.03. The number of aromatic nitrogens is 4. The smallest absolute Gasteiger partial charge is 0.242 e. The van der Waals surface area contributed by atoms with E-state index in [1.165, 1.54) is 24.7 Å². The maximum atomic E-state index is 12.0. The molecule has 8 nitrogen and oxygen atoms in total. The van der Waals surface area contributed by atoms with Gasteiger partial charge in [-0.1, -0.05) is 12.2 Å². The molecule has 0 aliphatic heterocycles. The summed E-state index contributed by atoms with van der Waals surface area (Å²) in [6.45, 7) is 0.0376. The van der Waals surface area contributed by atoms with Crippen molar-refractivity contribution in [1.82, 2.24) is 24.5 Å². The van der Waals surface area contributed by atoms with Crippen LogP contribution in [0.3, 0.4) is 0 Å². The Kier molecular flexibility index (Phi) is 4.06. The van der Waals surface area contributed by atoms with E-state index in [-0.39, 0.29) is 16.4 Å². The van der Waals surface area contributed by atoms with Crippen molar-refractivity contribution < 1.29 is 8.42 Å². The Labute approximate surface area is 121 Å². The summed E-state index contributed by atoms with van der Waals surface area (Å²) >= 11 is 4.75. The van der Waals surface area contributed by atoms with Gasteiger partial charge in [-0.05, 0) is 12.1 Å². The molecule has 0 saturated carbocycles. The van der Waals surface area contributed by atoms with Crippen molar-refractivity contribution in [1.29, 1.82) is 0 Å². The number of nitrogens with one attached hydrogen (secondary N) is 1. The normalized spacial score (nSPS) is 11.4. The van der Waals surface area contributed by atoms with E-state index in [4.69, 9.17) is 18.0 Å². The number of thiocarbonyl (C=S) groups is 1. The van der Waals surface area contributed by atoms with Crippen LogP contribution >= 0.6 is 12.2 Å². The highest BCUT2D eigenvalue weighted by Gasteiger charge is 2.15. The molecule has 0 aliphatic rings. The molecule has 2 aromatic heterocycles. The third-order valence-electron chi connectivity index (χ3n) is 2.52. The topological polar surface area (TPSA) is 116 Å². The molecule has 0 atom stereocenters. The van der Waals surface area contributed by atoms with Gasteiger partial charge in [-0.25, -0.2) is 13.1 Å². The average molecular weight is 312 g/mol. The van der Waals surface area contributed by atoms with Crippen molar-refractivity contribution in [3.05, 3.63) is 36.2 Å². The van der Waals surface area contributed by atoms with Crippen LogP contribution in [-0.4, -0.2) is 33.2 Å². The second-order valence-corrected chi connectivity index (χ2v) is 6.13. The molecule has 0 aromatic carbocycles.